The van der Waals surface area contributed by atoms with Gasteiger partial charge >= 0.3 is 12.1 Å². The summed E-state index contributed by atoms with van der Waals surface area (Å²) >= 11 is 6.81. The number of pyridine rings is 1. The first kappa shape index (κ1) is 53.9. The number of carbonyl (C=O) groups excluding carboxylic acids is 2. The fourth-order valence-electron chi connectivity index (χ4n) is 11.6. The van der Waals surface area contributed by atoms with E-state index in [1.165, 1.54) is 0 Å². The highest BCUT2D eigenvalue weighted by molar-refractivity contribution is 6.36. The van der Waals surface area contributed by atoms with Crippen LogP contribution in [0.5, 0.6) is 6.01 Å². The van der Waals surface area contributed by atoms with Crippen molar-refractivity contribution in [2.45, 2.75) is 109 Å². The monoisotopic (exact) mass is 1100 g/mol. The number of aromatic nitrogens is 7. The topological polar surface area (TPSA) is 208 Å². The van der Waals surface area contributed by atoms with Crippen LogP contribution < -0.4 is 30.5 Å². The third kappa shape index (κ3) is 11.9. The minimum Gasteiger partial charge on any atom is -0.462 e. The zero-order valence-corrected chi connectivity index (χ0v) is 46.4. The number of anilines is 4. The van der Waals surface area contributed by atoms with Crippen LogP contribution in [0.2, 0.25) is 5.02 Å². The average Bonchev–Trinajstić information content (AvgIpc) is 4.20. The molecule has 11 rings (SSSR count). The summed E-state index contributed by atoms with van der Waals surface area (Å²) in [5.41, 5.74) is 7.59. The Kier molecular flexibility index (Phi) is 16.2. The molecule has 3 N–H and O–H groups in total. The van der Waals surface area contributed by atoms with Crippen molar-refractivity contribution < 1.29 is 19.1 Å². The van der Waals surface area contributed by atoms with Crippen LogP contribution in [-0.4, -0.2) is 133 Å². The van der Waals surface area contributed by atoms with Crippen molar-refractivity contribution in [3.63, 3.8) is 0 Å². The van der Waals surface area contributed by atoms with E-state index in [2.05, 4.69) is 118 Å². The number of hydrogen-bond donors (Lipinski definition) is 3. The van der Waals surface area contributed by atoms with Gasteiger partial charge in [-0.25, -0.2) is 9.78 Å². The molecule has 2 atom stereocenters. The average molecular weight is 1100 g/mol. The number of ether oxygens (including phenoxy) is 2. The summed E-state index contributed by atoms with van der Waals surface area (Å²) < 4.78 is 14.1. The third-order valence-corrected chi connectivity index (χ3v) is 16.4. The number of nitriles is 1. The van der Waals surface area contributed by atoms with Gasteiger partial charge in [0.1, 0.15) is 19.0 Å². The first-order chi connectivity index (χ1) is 39.0. The molecular weight excluding hydrogens is 1030 g/mol. The lowest BCUT2D eigenvalue weighted by molar-refractivity contribution is -0.130. The first-order valence-electron chi connectivity index (χ1n) is 27.9. The van der Waals surface area contributed by atoms with Gasteiger partial charge in [0.15, 0.2) is 17.0 Å². The Labute approximate surface area is 471 Å². The molecule has 1 saturated carbocycles. The van der Waals surface area contributed by atoms with Crippen LogP contribution in [0.25, 0.3) is 33.2 Å². The van der Waals surface area contributed by atoms with E-state index in [0.29, 0.717) is 86.9 Å². The molecule has 0 spiro atoms. The van der Waals surface area contributed by atoms with Crippen LogP contribution >= 0.6 is 11.6 Å². The van der Waals surface area contributed by atoms with Gasteiger partial charge in [-0.15, -0.1) is 0 Å². The lowest BCUT2D eigenvalue weighted by atomic mass is 9.91. The predicted octanol–water partition coefficient (Wildman–Crippen LogP) is 9.35. The summed E-state index contributed by atoms with van der Waals surface area (Å²) in [5, 5.41) is 22.9. The molecule has 0 bridgehead atoms. The van der Waals surface area contributed by atoms with Gasteiger partial charge in [-0.3, -0.25) is 9.78 Å². The fourth-order valence-corrected chi connectivity index (χ4v) is 11.9. The summed E-state index contributed by atoms with van der Waals surface area (Å²) in [6, 6.07) is 28.9. The number of nitrogens with one attached hydrogen (secondary N) is 3. The minimum absolute atomic E-state index is 0.0772. The summed E-state index contributed by atoms with van der Waals surface area (Å²) in [4.78, 5) is 64.9. The maximum absolute atomic E-state index is 14.1. The number of likely N-dealkylation sites (tertiary alicyclic amines) is 1. The summed E-state index contributed by atoms with van der Waals surface area (Å²) in [6.45, 7) is 12.4. The molecule has 2 amide bonds. The Morgan fingerprint density at radius 1 is 0.875 bits per heavy atom. The number of halogens is 1. The Balaban J connectivity index is 0.689. The molecule has 0 radical (unpaired) electrons. The van der Waals surface area contributed by atoms with Crippen LogP contribution in [-0.2, 0) is 29.0 Å². The third-order valence-electron chi connectivity index (χ3n) is 16.1. The number of benzene rings is 3. The molecule has 20 heteroatoms. The van der Waals surface area contributed by atoms with E-state index in [9.17, 15) is 14.9 Å². The molecule has 0 unspecified atom stereocenters. The molecule has 80 heavy (non-hydrogen) atoms. The Morgan fingerprint density at radius 2 is 1.69 bits per heavy atom. The highest BCUT2D eigenvalue weighted by Crippen LogP contribution is 2.38. The number of rotatable bonds is 17. The van der Waals surface area contributed by atoms with E-state index in [0.717, 1.165) is 94.8 Å². The molecule has 1 aliphatic carbocycles. The van der Waals surface area contributed by atoms with Gasteiger partial charge in [-0.1, -0.05) is 72.8 Å². The lowest BCUT2D eigenvalue weighted by Gasteiger charge is -2.42. The van der Waals surface area contributed by atoms with E-state index < -0.39 is 12.1 Å². The maximum atomic E-state index is 14.1. The van der Waals surface area contributed by atoms with Crippen molar-refractivity contribution in [2.75, 3.05) is 73.4 Å². The number of alkyl carbamates (subject to hydrolysis) is 1. The van der Waals surface area contributed by atoms with E-state index in [4.69, 9.17) is 46.0 Å². The lowest BCUT2D eigenvalue weighted by Crippen LogP contribution is -2.56. The standard InChI is InChI=1S/C60H68ClN15O4/c1-38(2)76-37-65-53-54(64-32-40-16-18-41(19-17-40)49-14-5-6-27-63-49)69-58(70-56(53)76)66-43-20-22-44(23-21-43)67-60(78)80-35-39(3)57(77)75-31-30-74(33-45(75)24-26-62)55-47-25-29-73(51-15-8-11-42-10-7-13-48(61)52(42)51)34-50(47)68-59(71-55)79-36-46-12-9-28-72(46)4/h5-8,10-11,13-19,27,37-38,43-46H,3,9,12,20-25,28-36H2,1-2,4H3,(H,67,78)(H2,64,66,69,70)/t43?,44?,45-,46-/m0/s1. The van der Waals surface area contributed by atoms with Crippen LogP contribution in [0.3, 0.4) is 0 Å². The summed E-state index contributed by atoms with van der Waals surface area (Å²) in [5.74, 6) is 1.57. The Bertz CT molecular complexity index is 3410. The molecule has 7 aromatic rings. The molecule has 3 fully saturated rings. The number of carbonyl (C=O) groups is 2. The highest BCUT2D eigenvalue weighted by atomic mass is 35.5. The number of imidazole rings is 1. The molecule has 3 aromatic carbocycles. The SMILES string of the molecule is C=C(COC(=O)NC1CCC(Nc2nc(NCc3ccc(-c4ccccn4)cc3)c3ncn(C(C)C)c3n2)CC1)C(=O)N1CCN(c2nc(OC[C@@H]3CCCN3C)nc3c2CCN(c2cccc4cccc(Cl)c24)C3)C[C@@H]1CC#N. The maximum Gasteiger partial charge on any atom is 0.407 e. The number of fused-ring (bicyclic) bond motifs is 3. The van der Waals surface area contributed by atoms with Crippen LogP contribution in [0.1, 0.15) is 81.7 Å². The number of piperazine rings is 1. The van der Waals surface area contributed by atoms with Gasteiger partial charge in [0.05, 0.1) is 47.8 Å². The molecule has 4 aromatic heterocycles. The van der Waals surface area contributed by atoms with E-state index >= 15 is 0 Å². The molecule has 414 valence electrons. The van der Waals surface area contributed by atoms with Crippen molar-refractivity contribution in [3.8, 4) is 23.3 Å². The van der Waals surface area contributed by atoms with Crippen molar-refractivity contribution in [2.24, 2.45) is 0 Å². The van der Waals surface area contributed by atoms with Gasteiger partial charge in [-0.05, 0) is 108 Å². The molecule has 3 aliphatic heterocycles. The summed E-state index contributed by atoms with van der Waals surface area (Å²) in [6.07, 6.45) is 8.87. The fraction of sp³-hybridized carbons (Fsp3) is 0.417. The number of likely N-dealkylation sites (N-methyl/N-ethyl adjacent to an activating group) is 1. The van der Waals surface area contributed by atoms with E-state index in [1.807, 2.05) is 41.2 Å². The van der Waals surface area contributed by atoms with Crippen molar-refractivity contribution in [3.05, 3.63) is 125 Å². The minimum atomic E-state index is -0.611. The summed E-state index contributed by atoms with van der Waals surface area (Å²) in [7, 11) is 2.12. The molecule has 7 heterocycles. The van der Waals surface area contributed by atoms with Gasteiger partial charge < -0.3 is 49.6 Å². The number of nitrogens with zero attached hydrogens (tertiary/aromatic N) is 12. The highest BCUT2D eigenvalue weighted by Gasteiger charge is 2.36. The molecule has 2 saturated heterocycles. The van der Waals surface area contributed by atoms with Gasteiger partial charge in [0, 0.05) is 90.9 Å². The first-order valence-corrected chi connectivity index (χ1v) is 28.3. The van der Waals surface area contributed by atoms with Gasteiger partial charge in [0.25, 0.3) is 5.91 Å². The smallest absolute Gasteiger partial charge is 0.407 e. The van der Waals surface area contributed by atoms with Crippen LogP contribution in [0.4, 0.5) is 28.1 Å². The van der Waals surface area contributed by atoms with Crippen LogP contribution in [0.15, 0.2) is 104 Å². The second-order valence-electron chi connectivity index (χ2n) is 21.7. The zero-order chi connectivity index (χ0) is 55.3. The van der Waals surface area contributed by atoms with Crippen molar-refractivity contribution >= 4 is 68.8 Å². The molecule has 4 aliphatic rings. The van der Waals surface area contributed by atoms with E-state index in [1.54, 1.807) is 11.1 Å². The van der Waals surface area contributed by atoms with E-state index in [-0.39, 0.29) is 48.7 Å². The normalized spacial score (nSPS) is 19.4. The van der Waals surface area contributed by atoms with Gasteiger partial charge in [-0.2, -0.15) is 25.2 Å². The van der Waals surface area contributed by atoms with Crippen molar-refractivity contribution in [1.29, 1.82) is 5.26 Å². The Hall–Kier alpha value is -8.08. The zero-order valence-electron chi connectivity index (χ0n) is 45.7. The number of hydrogen-bond acceptors (Lipinski definition) is 16. The molecule has 19 nitrogen and oxygen atoms in total. The second-order valence-corrected chi connectivity index (χ2v) is 22.1. The quantitative estimate of drug-likeness (QED) is 0.0726. The molecular formula is C60H68ClN15O4. The Morgan fingerprint density at radius 3 is 2.45 bits per heavy atom. The van der Waals surface area contributed by atoms with Gasteiger partial charge in [0.2, 0.25) is 5.95 Å². The van der Waals surface area contributed by atoms with Crippen LogP contribution in [0, 0.1) is 11.3 Å². The van der Waals surface area contributed by atoms with Crippen molar-refractivity contribution in [1.82, 2.24) is 49.6 Å². The number of amides is 2. The second kappa shape index (κ2) is 24.1. The largest absolute Gasteiger partial charge is 0.462 e. The predicted molar refractivity (Wildman–Crippen MR) is 311 cm³/mol.